The SMILES string of the molecule is CC1CCNC1C(=O)N[C@H](C(=O)O)[C@@H](C)O. The Hall–Kier alpha value is -1.14. The molecule has 1 amide bonds. The first-order valence-corrected chi connectivity index (χ1v) is 5.38. The summed E-state index contributed by atoms with van der Waals surface area (Å²) in [5.41, 5.74) is 0. The summed E-state index contributed by atoms with van der Waals surface area (Å²) in [6, 6.07) is -1.61. The highest BCUT2D eigenvalue weighted by Gasteiger charge is 2.33. The monoisotopic (exact) mass is 230 g/mol. The van der Waals surface area contributed by atoms with Crippen LogP contribution in [0.5, 0.6) is 0 Å². The quantitative estimate of drug-likeness (QED) is 0.493. The molecule has 2 unspecified atom stereocenters. The number of carbonyl (C=O) groups excluding carboxylic acids is 1. The van der Waals surface area contributed by atoms with Crippen LogP contribution >= 0.6 is 0 Å². The van der Waals surface area contributed by atoms with Gasteiger partial charge < -0.3 is 20.8 Å². The zero-order valence-corrected chi connectivity index (χ0v) is 9.43. The van der Waals surface area contributed by atoms with Gasteiger partial charge in [-0.15, -0.1) is 0 Å². The lowest BCUT2D eigenvalue weighted by atomic mass is 10.0. The molecule has 0 spiro atoms. The Labute approximate surface area is 94.0 Å². The van der Waals surface area contributed by atoms with Crippen LogP contribution in [0.3, 0.4) is 0 Å². The first kappa shape index (κ1) is 12.9. The van der Waals surface area contributed by atoms with Crippen molar-refractivity contribution in [3.8, 4) is 0 Å². The number of carboxylic acid groups (broad SMARTS) is 1. The van der Waals surface area contributed by atoms with E-state index in [2.05, 4.69) is 10.6 Å². The zero-order valence-electron chi connectivity index (χ0n) is 9.43. The summed E-state index contributed by atoms with van der Waals surface area (Å²) in [6.45, 7) is 4.03. The lowest BCUT2D eigenvalue weighted by Crippen LogP contribution is -2.53. The number of aliphatic hydroxyl groups excluding tert-OH is 1. The summed E-state index contributed by atoms with van der Waals surface area (Å²) < 4.78 is 0. The van der Waals surface area contributed by atoms with Crippen LogP contribution in [0.1, 0.15) is 20.3 Å². The number of aliphatic carboxylic acids is 1. The Bertz CT molecular complexity index is 280. The van der Waals surface area contributed by atoms with E-state index in [0.29, 0.717) is 0 Å². The average Bonchev–Trinajstić information content (AvgIpc) is 2.59. The number of carbonyl (C=O) groups is 2. The van der Waals surface area contributed by atoms with Gasteiger partial charge in [0.2, 0.25) is 5.91 Å². The molecule has 6 heteroatoms. The van der Waals surface area contributed by atoms with E-state index in [1.807, 2.05) is 6.92 Å². The van der Waals surface area contributed by atoms with Gasteiger partial charge >= 0.3 is 5.97 Å². The molecule has 0 aromatic rings. The molecule has 4 N–H and O–H groups in total. The van der Waals surface area contributed by atoms with Gasteiger partial charge in [0.1, 0.15) is 0 Å². The molecule has 0 saturated carbocycles. The zero-order chi connectivity index (χ0) is 12.3. The number of amides is 1. The van der Waals surface area contributed by atoms with Crippen LogP contribution in [0.4, 0.5) is 0 Å². The topological polar surface area (TPSA) is 98.7 Å². The summed E-state index contributed by atoms with van der Waals surface area (Å²) in [6.07, 6.45) is -0.219. The van der Waals surface area contributed by atoms with Crippen LogP contribution in [0.15, 0.2) is 0 Å². The van der Waals surface area contributed by atoms with Gasteiger partial charge in [-0.3, -0.25) is 4.79 Å². The molecule has 4 atom stereocenters. The van der Waals surface area contributed by atoms with Gasteiger partial charge in [-0.05, 0) is 25.8 Å². The van der Waals surface area contributed by atoms with Crippen molar-refractivity contribution in [3.63, 3.8) is 0 Å². The van der Waals surface area contributed by atoms with E-state index >= 15 is 0 Å². The fourth-order valence-corrected chi connectivity index (χ4v) is 1.82. The van der Waals surface area contributed by atoms with E-state index in [0.717, 1.165) is 13.0 Å². The highest BCUT2D eigenvalue weighted by atomic mass is 16.4. The molecule has 0 aromatic heterocycles. The minimum Gasteiger partial charge on any atom is -0.480 e. The molecule has 16 heavy (non-hydrogen) atoms. The lowest BCUT2D eigenvalue weighted by molar-refractivity contribution is -0.145. The summed E-state index contributed by atoms with van der Waals surface area (Å²) in [5, 5.41) is 23.4. The molecular formula is C10H18N2O4. The number of hydrogen-bond acceptors (Lipinski definition) is 4. The largest absolute Gasteiger partial charge is 0.480 e. The highest BCUT2D eigenvalue weighted by Crippen LogP contribution is 2.14. The Morgan fingerprint density at radius 3 is 2.50 bits per heavy atom. The molecule has 1 aliphatic rings. The molecule has 1 rings (SSSR count). The van der Waals surface area contributed by atoms with Crippen molar-refractivity contribution >= 4 is 11.9 Å². The molecule has 1 saturated heterocycles. The van der Waals surface area contributed by atoms with Gasteiger partial charge in [0.15, 0.2) is 6.04 Å². The van der Waals surface area contributed by atoms with Crippen molar-refractivity contribution in [2.45, 2.75) is 38.5 Å². The normalized spacial score (nSPS) is 28.4. The molecule has 0 aliphatic carbocycles. The Kier molecular flexibility index (Phi) is 4.26. The molecule has 0 bridgehead atoms. The summed E-state index contributed by atoms with van der Waals surface area (Å²) in [4.78, 5) is 22.5. The fraction of sp³-hybridized carbons (Fsp3) is 0.800. The summed E-state index contributed by atoms with van der Waals surface area (Å²) >= 11 is 0. The Morgan fingerprint density at radius 2 is 2.12 bits per heavy atom. The third-order valence-electron chi connectivity index (χ3n) is 2.86. The van der Waals surface area contributed by atoms with Gasteiger partial charge in [-0.2, -0.15) is 0 Å². The van der Waals surface area contributed by atoms with Crippen molar-refractivity contribution in [3.05, 3.63) is 0 Å². The molecule has 1 aliphatic heterocycles. The van der Waals surface area contributed by atoms with Crippen LogP contribution < -0.4 is 10.6 Å². The van der Waals surface area contributed by atoms with Crippen molar-refractivity contribution < 1.29 is 19.8 Å². The second-order valence-corrected chi connectivity index (χ2v) is 4.26. The third kappa shape index (κ3) is 2.93. The van der Waals surface area contributed by atoms with Gasteiger partial charge in [0.25, 0.3) is 0 Å². The predicted octanol–water partition coefficient (Wildman–Crippen LogP) is -1.07. The van der Waals surface area contributed by atoms with Crippen molar-refractivity contribution in [2.24, 2.45) is 5.92 Å². The molecule has 0 radical (unpaired) electrons. The molecule has 6 nitrogen and oxygen atoms in total. The van der Waals surface area contributed by atoms with Crippen LogP contribution in [-0.4, -0.2) is 46.8 Å². The maximum atomic E-state index is 11.7. The minimum absolute atomic E-state index is 0.184. The van der Waals surface area contributed by atoms with E-state index in [-0.39, 0.29) is 17.9 Å². The first-order valence-electron chi connectivity index (χ1n) is 5.38. The second-order valence-electron chi connectivity index (χ2n) is 4.26. The van der Waals surface area contributed by atoms with Crippen molar-refractivity contribution in [2.75, 3.05) is 6.54 Å². The third-order valence-corrected chi connectivity index (χ3v) is 2.86. The maximum absolute atomic E-state index is 11.7. The fourth-order valence-electron chi connectivity index (χ4n) is 1.82. The van der Waals surface area contributed by atoms with E-state index in [4.69, 9.17) is 5.11 Å². The number of aliphatic hydroxyl groups is 1. The van der Waals surface area contributed by atoms with E-state index in [1.165, 1.54) is 6.92 Å². The second kappa shape index (κ2) is 5.27. The number of carboxylic acids is 1. The van der Waals surface area contributed by atoms with E-state index < -0.39 is 18.1 Å². The predicted molar refractivity (Wildman–Crippen MR) is 56.8 cm³/mol. The van der Waals surface area contributed by atoms with Gasteiger partial charge in [-0.25, -0.2) is 4.79 Å². The first-order chi connectivity index (χ1) is 7.43. The van der Waals surface area contributed by atoms with Gasteiger partial charge in [-0.1, -0.05) is 6.92 Å². The number of nitrogens with one attached hydrogen (secondary N) is 2. The summed E-state index contributed by atoms with van der Waals surface area (Å²) in [5.74, 6) is -1.41. The van der Waals surface area contributed by atoms with Crippen LogP contribution in [0.2, 0.25) is 0 Å². The standard InChI is InChI=1S/C10H18N2O4/c1-5-3-4-11-7(5)9(14)12-8(6(2)13)10(15)16/h5-8,11,13H,3-4H2,1-2H3,(H,12,14)(H,15,16)/t5?,6-,7?,8+/m1/s1. The maximum Gasteiger partial charge on any atom is 0.328 e. The van der Waals surface area contributed by atoms with E-state index in [9.17, 15) is 14.7 Å². The Morgan fingerprint density at radius 1 is 1.50 bits per heavy atom. The van der Waals surface area contributed by atoms with Crippen LogP contribution in [0, 0.1) is 5.92 Å². The van der Waals surface area contributed by atoms with Crippen LogP contribution in [0.25, 0.3) is 0 Å². The van der Waals surface area contributed by atoms with Crippen LogP contribution in [-0.2, 0) is 9.59 Å². The molecule has 1 heterocycles. The Balaban J connectivity index is 2.58. The average molecular weight is 230 g/mol. The molecule has 1 fully saturated rings. The molecule has 92 valence electrons. The molecule has 0 aromatic carbocycles. The minimum atomic E-state index is -1.25. The van der Waals surface area contributed by atoms with Gasteiger partial charge in [0, 0.05) is 0 Å². The summed E-state index contributed by atoms with van der Waals surface area (Å²) in [7, 11) is 0. The molecular weight excluding hydrogens is 212 g/mol. The van der Waals surface area contributed by atoms with Crippen molar-refractivity contribution in [1.29, 1.82) is 0 Å². The smallest absolute Gasteiger partial charge is 0.328 e. The number of hydrogen-bond donors (Lipinski definition) is 4. The number of rotatable bonds is 4. The van der Waals surface area contributed by atoms with Crippen molar-refractivity contribution in [1.82, 2.24) is 10.6 Å². The highest BCUT2D eigenvalue weighted by molar-refractivity contribution is 5.87. The van der Waals surface area contributed by atoms with E-state index in [1.54, 1.807) is 0 Å². The van der Waals surface area contributed by atoms with Gasteiger partial charge in [0.05, 0.1) is 12.1 Å². The lowest BCUT2D eigenvalue weighted by Gasteiger charge is -2.21.